The molecule has 0 saturated carbocycles. The molecule has 0 aliphatic heterocycles. The van der Waals surface area contributed by atoms with Gasteiger partial charge in [-0.1, -0.05) is 40.5 Å². The summed E-state index contributed by atoms with van der Waals surface area (Å²) in [6.07, 6.45) is 18.3. The first-order valence-corrected chi connectivity index (χ1v) is 10.8. The maximum atomic E-state index is 11.7. The first-order valence-electron chi connectivity index (χ1n) is 10.8. The molecule has 0 aliphatic carbocycles. The smallest absolute Gasteiger partial charge is 0.411 e. The van der Waals surface area contributed by atoms with Gasteiger partial charge >= 0.3 is 6.09 Å². The van der Waals surface area contributed by atoms with Crippen molar-refractivity contribution < 1.29 is 9.53 Å². The zero-order valence-corrected chi connectivity index (χ0v) is 19.3. The van der Waals surface area contributed by atoms with Crippen molar-refractivity contribution in [1.29, 1.82) is 0 Å². The van der Waals surface area contributed by atoms with Gasteiger partial charge in [-0.05, 0) is 91.4 Å². The van der Waals surface area contributed by atoms with E-state index in [1.807, 2.05) is 6.08 Å². The Balaban J connectivity index is 2.21. The average Bonchev–Trinajstić information content (AvgIpc) is 2.68. The molecule has 1 rings (SSSR count). The Morgan fingerprint density at radius 1 is 0.833 bits per heavy atom. The van der Waals surface area contributed by atoms with Gasteiger partial charge in [0.05, 0.1) is 0 Å². The number of ether oxygens (including phenoxy) is 1. The molecule has 4 heteroatoms. The summed E-state index contributed by atoms with van der Waals surface area (Å²) in [4.78, 5) is 15.6. The molecule has 0 aromatic carbocycles. The molecule has 1 aromatic rings. The third-order valence-corrected chi connectivity index (χ3v) is 4.73. The van der Waals surface area contributed by atoms with E-state index in [9.17, 15) is 4.79 Å². The number of carbonyl (C=O) groups excluding carboxylic acids is 1. The summed E-state index contributed by atoms with van der Waals surface area (Å²) in [6.45, 7) is 11.1. The van der Waals surface area contributed by atoms with Gasteiger partial charge in [0.2, 0.25) is 0 Å². The van der Waals surface area contributed by atoms with Crippen LogP contribution < -0.4 is 5.32 Å². The van der Waals surface area contributed by atoms with Crippen molar-refractivity contribution in [2.75, 3.05) is 11.9 Å². The SMILES string of the molecule is CC(C)=CCC/C(C)=C/CC/C(C)=C/CC/C(C)=C/COC(=O)Nc1ccncc1. The summed E-state index contributed by atoms with van der Waals surface area (Å²) in [5.41, 5.74) is 6.21. The molecule has 0 aliphatic rings. The molecule has 1 heterocycles. The minimum atomic E-state index is -0.454. The molecule has 1 N–H and O–H groups in total. The number of carbonyl (C=O) groups is 1. The number of pyridine rings is 1. The summed E-state index contributed by atoms with van der Waals surface area (Å²) < 4.78 is 5.19. The van der Waals surface area contributed by atoms with E-state index in [1.54, 1.807) is 24.5 Å². The van der Waals surface area contributed by atoms with Crippen molar-refractivity contribution in [3.8, 4) is 0 Å². The van der Waals surface area contributed by atoms with Crippen LogP contribution in [0.2, 0.25) is 0 Å². The Morgan fingerprint density at radius 3 is 1.87 bits per heavy atom. The van der Waals surface area contributed by atoms with Crippen molar-refractivity contribution in [3.63, 3.8) is 0 Å². The predicted molar refractivity (Wildman–Crippen MR) is 128 cm³/mol. The number of hydrogen-bond donors (Lipinski definition) is 1. The van der Waals surface area contributed by atoms with Crippen molar-refractivity contribution in [2.45, 2.75) is 73.1 Å². The van der Waals surface area contributed by atoms with Crippen LogP contribution in [0.3, 0.4) is 0 Å². The highest BCUT2D eigenvalue weighted by Crippen LogP contribution is 2.13. The van der Waals surface area contributed by atoms with E-state index in [2.05, 4.69) is 63.1 Å². The van der Waals surface area contributed by atoms with Crippen molar-refractivity contribution in [1.82, 2.24) is 4.98 Å². The molecule has 4 nitrogen and oxygen atoms in total. The molecule has 0 bridgehead atoms. The molecule has 0 unspecified atom stereocenters. The van der Waals surface area contributed by atoms with E-state index in [0.717, 1.165) is 38.5 Å². The number of nitrogens with zero attached hydrogens (tertiary/aromatic N) is 1. The van der Waals surface area contributed by atoms with Crippen LogP contribution in [-0.4, -0.2) is 17.7 Å². The molecule has 30 heavy (non-hydrogen) atoms. The third-order valence-electron chi connectivity index (χ3n) is 4.73. The molecule has 1 amide bonds. The molecule has 0 spiro atoms. The first kappa shape index (κ1) is 25.4. The summed E-state index contributed by atoms with van der Waals surface area (Å²) in [5, 5.41) is 2.67. The highest BCUT2D eigenvalue weighted by atomic mass is 16.5. The van der Waals surface area contributed by atoms with Gasteiger partial charge in [0.1, 0.15) is 6.61 Å². The van der Waals surface area contributed by atoms with Crippen LogP contribution in [0.15, 0.2) is 71.1 Å². The lowest BCUT2D eigenvalue weighted by Crippen LogP contribution is -2.13. The van der Waals surface area contributed by atoms with Crippen LogP contribution in [0.5, 0.6) is 0 Å². The summed E-state index contributed by atoms with van der Waals surface area (Å²) in [7, 11) is 0. The quantitative estimate of drug-likeness (QED) is 0.358. The second-order valence-corrected chi connectivity index (χ2v) is 8.01. The lowest BCUT2D eigenvalue weighted by molar-refractivity contribution is 0.174. The topological polar surface area (TPSA) is 51.2 Å². The van der Waals surface area contributed by atoms with E-state index >= 15 is 0 Å². The maximum Gasteiger partial charge on any atom is 0.411 e. The van der Waals surface area contributed by atoms with Crippen LogP contribution in [-0.2, 0) is 4.74 Å². The summed E-state index contributed by atoms with van der Waals surface area (Å²) >= 11 is 0. The Bertz CT molecular complexity index is 754. The Labute approximate surface area is 182 Å². The van der Waals surface area contributed by atoms with Crippen LogP contribution in [0.25, 0.3) is 0 Å². The molecule has 0 radical (unpaired) electrons. The minimum absolute atomic E-state index is 0.280. The Hall–Kier alpha value is -2.62. The van der Waals surface area contributed by atoms with Gasteiger partial charge in [-0.3, -0.25) is 10.3 Å². The molecular formula is C26H38N2O2. The van der Waals surface area contributed by atoms with E-state index in [-0.39, 0.29) is 6.61 Å². The zero-order valence-electron chi connectivity index (χ0n) is 19.3. The molecule has 0 atom stereocenters. The second-order valence-electron chi connectivity index (χ2n) is 8.01. The van der Waals surface area contributed by atoms with Crippen LogP contribution in [0.4, 0.5) is 10.5 Å². The number of rotatable bonds is 12. The molecule has 0 fully saturated rings. The van der Waals surface area contributed by atoms with Crippen molar-refractivity contribution >= 4 is 11.8 Å². The van der Waals surface area contributed by atoms with E-state index in [0.29, 0.717) is 5.69 Å². The Kier molecular flexibility index (Phi) is 12.9. The monoisotopic (exact) mass is 410 g/mol. The number of hydrogen-bond acceptors (Lipinski definition) is 3. The lowest BCUT2D eigenvalue weighted by Gasteiger charge is -2.05. The summed E-state index contributed by atoms with van der Waals surface area (Å²) in [5.74, 6) is 0. The lowest BCUT2D eigenvalue weighted by atomic mass is 10.0. The normalized spacial score (nSPS) is 12.5. The van der Waals surface area contributed by atoms with E-state index in [1.165, 1.54) is 22.3 Å². The maximum absolute atomic E-state index is 11.7. The van der Waals surface area contributed by atoms with Crippen LogP contribution >= 0.6 is 0 Å². The largest absolute Gasteiger partial charge is 0.445 e. The van der Waals surface area contributed by atoms with Gasteiger partial charge in [0.25, 0.3) is 0 Å². The second kappa shape index (κ2) is 15.3. The predicted octanol–water partition coefficient (Wildman–Crippen LogP) is 7.78. The van der Waals surface area contributed by atoms with Gasteiger partial charge in [0, 0.05) is 18.1 Å². The molecule has 1 aromatic heterocycles. The number of amides is 1. The number of allylic oxidation sites excluding steroid dienone is 7. The van der Waals surface area contributed by atoms with Gasteiger partial charge < -0.3 is 4.74 Å². The fraction of sp³-hybridized carbons (Fsp3) is 0.462. The zero-order chi connectivity index (χ0) is 22.2. The van der Waals surface area contributed by atoms with Gasteiger partial charge in [-0.2, -0.15) is 0 Å². The average molecular weight is 411 g/mol. The van der Waals surface area contributed by atoms with E-state index in [4.69, 9.17) is 4.74 Å². The Morgan fingerprint density at radius 2 is 1.33 bits per heavy atom. The molecular weight excluding hydrogens is 372 g/mol. The fourth-order valence-corrected chi connectivity index (χ4v) is 2.84. The van der Waals surface area contributed by atoms with Crippen LogP contribution in [0.1, 0.15) is 73.1 Å². The molecule has 0 saturated heterocycles. The minimum Gasteiger partial charge on any atom is -0.445 e. The highest BCUT2D eigenvalue weighted by Gasteiger charge is 2.01. The third kappa shape index (κ3) is 13.5. The number of anilines is 1. The number of aromatic nitrogens is 1. The van der Waals surface area contributed by atoms with Crippen LogP contribution in [0, 0.1) is 0 Å². The van der Waals surface area contributed by atoms with E-state index < -0.39 is 6.09 Å². The van der Waals surface area contributed by atoms with Gasteiger partial charge in [-0.15, -0.1) is 0 Å². The highest BCUT2D eigenvalue weighted by molar-refractivity contribution is 5.84. The number of nitrogens with one attached hydrogen (secondary N) is 1. The van der Waals surface area contributed by atoms with Gasteiger partial charge in [-0.25, -0.2) is 4.79 Å². The van der Waals surface area contributed by atoms with Crippen molar-refractivity contribution in [2.24, 2.45) is 0 Å². The standard InChI is InChI=1S/C26H38N2O2/c1-21(2)9-6-10-22(3)11-7-12-23(4)13-8-14-24(5)17-20-30-26(29)28-25-15-18-27-19-16-25/h9,11,13,15-19H,6-8,10,12,14,20H2,1-5H3,(H,27,28,29)/b22-11+,23-13+,24-17+. The summed E-state index contributed by atoms with van der Waals surface area (Å²) in [6, 6.07) is 3.44. The first-order chi connectivity index (χ1) is 14.4. The van der Waals surface area contributed by atoms with Crippen molar-refractivity contribution in [3.05, 3.63) is 71.1 Å². The fourth-order valence-electron chi connectivity index (χ4n) is 2.84. The van der Waals surface area contributed by atoms with Gasteiger partial charge in [0.15, 0.2) is 0 Å². The molecule has 164 valence electrons.